The fraction of sp³-hybridized carbons (Fsp3) is 0.571. The summed E-state index contributed by atoms with van der Waals surface area (Å²) in [5.41, 5.74) is 0.524. The summed E-state index contributed by atoms with van der Waals surface area (Å²) in [5, 5.41) is 6.36. The second kappa shape index (κ2) is 6.48. The lowest BCUT2D eigenvalue weighted by atomic mass is 9.74. The van der Waals surface area contributed by atoms with Gasteiger partial charge in [0.05, 0.1) is 11.1 Å². The van der Waals surface area contributed by atoms with Crippen LogP contribution in [0.3, 0.4) is 0 Å². The van der Waals surface area contributed by atoms with E-state index in [1.165, 1.54) is 0 Å². The maximum Gasteiger partial charge on any atom is 0.230 e. The molecular formula is C14H20BrN3O. The lowest BCUT2D eigenvalue weighted by Crippen LogP contribution is -2.44. The van der Waals surface area contributed by atoms with Crippen LogP contribution in [0.4, 0.5) is 5.69 Å². The van der Waals surface area contributed by atoms with Crippen LogP contribution in [0.15, 0.2) is 22.9 Å². The standard InChI is InChI=1S/C14H20BrN3O/c1-2-5-14(6-9-16-10-7-14)13(19)18-11-4-3-8-17-12(11)15/h3-4,8,16H,2,5-7,9-10H2,1H3,(H,18,19). The van der Waals surface area contributed by atoms with Crippen molar-refractivity contribution < 1.29 is 4.79 Å². The Kier molecular flexibility index (Phi) is 4.93. The van der Waals surface area contributed by atoms with Gasteiger partial charge in [-0.25, -0.2) is 4.98 Å². The number of hydrogen-bond donors (Lipinski definition) is 2. The predicted octanol–water partition coefficient (Wildman–Crippen LogP) is 2.95. The normalized spacial score (nSPS) is 18.0. The number of aromatic nitrogens is 1. The highest BCUT2D eigenvalue weighted by atomic mass is 79.9. The van der Waals surface area contributed by atoms with Gasteiger partial charge in [0, 0.05) is 6.20 Å². The summed E-state index contributed by atoms with van der Waals surface area (Å²) in [6.07, 6.45) is 5.49. The Morgan fingerprint density at radius 2 is 2.26 bits per heavy atom. The lowest BCUT2D eigenvalue weighted by Gasteiger charge is -2.36. The Hall–Kier alpha value is -0.940. The molecule has 2 N–H and O–H groups in total. The molecule has 1 aromatic heterocycles. The molecule has 0 aromatic carbocycles. The zero-order valence-electron chi connectivity index (χ0n) is 11.2. The fourth-order valence-electron chi connectivity index (χ4n) is 2.71. The number of piperidine rings is 1. The monoisotopic (exact) mass is 325 g/mol. The van der Waals surface area contributed by atoms with E-state index in [9.17, 15) is 4.79 Å². The highest BCUT2D eigenvalue weighted by molar-refractivity contribution is 9.10. The molecule has 1 aromatic rings. The summed E-state index contributed by atoms with van der Waals surface area (Å²) in [6.45, 7) is 3.97. The molecular weight excluding hydrogens is 306 g/mol. The minimum Gasteiger partial charge on any atom is -0.323 e. The first-order valence-corrected chi connectivity index (χ1v) is 7.60. The van der Waals surface area contributed by atoms with E-state index in [1.807, 2.05) is 12.1 Å². The van der Waals surface area contributed by atoms with E-state index in [1.54, 1.807) is 6.20 Å². The molecule has 0 saturated carbocycles. The first-order chi connectivity index (χ1) is 9.18. The van der Waals surface area contributed by atoms with E-state index in [-0.39, 0.29) is 11.3 Å². The summed E-state index contributed by atoms with van der Waals surface area (Å²) >= 11 is 3.37. The van der Waals surface area contributed by atoms with Gasteiger partial charge in [0.25, 0.3) is 0 Å². The van der Waals surface area contributed by atoms with Crippen molar-refractivity contribution in [3.8, 4) is 0 Å². The molecule has 19 heavy (non-hydrogen) atoms. The third kappa shape index (κ3) is 3.34. The van der Waals surface area contributed by atoms with Crippen LogP contribution in [-0.2, 0) is 4.79 Å². The lowest BCUT2D eigenvalue weighted by molar-refractivity contribution is -0.127. The molecule has 0 aliphatic carbocycles. The Bertz CT molecular complexity index is 439. The highest BCUT2D eigenvalue weighted by Gasteiger charge is 2.38. The maximum absolute atomic E-state index is 12.6. The molecule has 2 rings (SSSR count). The van der Waals surface area contributed by atoms with Gasteiger partial charge >= 0.3 is 0 Å². The largest absolute Gasteiger partial charge is 0.323 e. The van der Waals surface area contributed by atoms with Gasteiger partial charge in [0.2, 0.25) is 5.91 Å². The van der Waals surface area contributed by atoms with Crippen LogP contribution in [0.25, 0.3) is 0 Å². The van der Waals surface area contributed by atoms with E-state index >= 15 is 0 Å². The number of carbonyl (C=O) groups excluding carboxylic acids is 1. The Balaban J connectivity index is 2.14. The second-order valence-electron chi connectivity index (χ2n) is 5.08. The number of carbonyl (C=O) groups is 1. The first kappa shape index (κ1) is 14.5. The molecule has 0 bridgehead atoms. The predicted molar refractivity (Wildman–Crippen MR) is 80.0 cm³/mol. The molecule has 104 valence electrons. The molecule has 5 heteroatoms. The summed E-state index contributed by atoms with van der Waals surface area (Å²) in [4.78, 5) is 16.8. The van der Waals surface area contributed by atoms with Crippen LogP contribution >= 0.6 is 15.9 Å². The molecule has 1 amide bonds. The molecule has 1 aliphatic heterocycles. The van der Waals surface area contributed by atoms with Gasteiger partial charge in [-0.1, -0.05) is 13.3 Å². The summed E-state index contributed by atoms with van der Waals surface area (Å²) < 4.78 is 0.684. The number of halogens is 1. The Labute approximate surface area is 122 Å². The van der Waals surface area contributed by atoms with Gasteiger partial charge in [0.15, 0.2) is 0 Å². The third-order valence-corrected chi connectivity index (χ3v) is 4.41. The maximum atomic E-state index is 12.6. The third-order valence-electron chi connectivity index (χ3n) is 3.78. The van der Waals surface area contributed by atoms with Gasteiger partial charge < -0.3 is 10.6 Å². The number of nitrogens with zero attached hydrogens (tertiary/aromatic N) is 1. The molecule has 1 saturated heterocycles. The van der Waals surface area contributed by atoms with Crippen molar-refractivity contribution in [1.82, 2.24) is 10.3 Å². The van der Waals surface area contributed by atoms with Crippen LogP contribution in [0, 0.1) is 5.41 Å². The quantitative estimate of drug-likeness (QED) is 0.837. The van der Waals surface area contributed by atoms with E-state index in [0.717, 1.165) is 44.5 Å². The Morgan fingerprint density at radius 1 is 1.53 bits per heavy atom. The van der Waals surface area contributed by atoms with Crippen molar-refractivity contribution >= 4 is 27.5 Å². The molecule has 0 atom stereocenters. The van der Waals surface area contributed by atoms with Crippen LogP contribution in [0.1, 0.15) is 32.6 Å². The number of pyridine rings is 1. The van der Waals surface area contributed by atoms with Crippen molar-refractivity contribution in [3.63, 3.8) is 0 Å². The molecule has 0 unspecified atom stereocenters. The molecule has 0 spiro atoms. The fourth-order valence-corrected chi connectivity index (χ4v) is 3.06. The van der Waals surface area contributed by atoms with Gasteiger partial charge in [-0.15, -0.1) is 0 Å². The van der Waals surface area contributed by atoms with Gasteiger partial charge in [-0.2, -0.15) is 0 Å². The average molecular weight is 326 g/mol. The smallest absolute Gasteiger partial charge is 0.230 e. The molecule has 2 heterocycles. The minimum atomic E-state index is -0.227. The SMILES string of the molecule is CCCC1(C(=O)Nc2cccnc2Br)CCNCC1. The minimum absolute atomic E-state index is 0.129. The molecule has 4 nitrogen and oxygen atoms in total. The second-order valence-corrected chi connectivity index (χ2v) is 5.83. The van der Waals surface area contributed by atoms with E-state index < -0.39 is 0 Å². The van der Waals surface area contributed by atoms with Crippen LogP contribution in [-0.4, -0.2) is 24.0 Å². The van der Waals surface area contributed by atoms with Crippen molar-refractivity contribution in [2.75, 3.05) is 18.4 Å². The van der Waals surface area contributed by atoms with E-state index in [0.29, 0.717) is 4.60 Å². The van der Waals surface area contributed by atoms with E-state index in [2.05, 4.69) is 38.5 Å². The van der Waals surface area contributed by atoms with Crippen LogP contribution in [0.2, 0.25) is 0 Å². The molecule has 1 fully saturated rings. The molecule has 0 radical (unpaired) electrons. The number of hydrogen-bond acceptors (Lipinski definition) is 3. The number of anilines is 1. The summed E-state index contributed by atoms with van der Waals surface area (Å²) in [6, 6.07) is 3.70. The van der Waals surface area contributed by atoms with Crippen molar-refractivity contribution in [3.05, 3.63) is 22.9 Å². The zero-order chi connectivity index (χ0) is 13.7. The van der Waals surface area contributed by atoms with Gasteiger partial charge in [-0.05, 0) is 60.4 Å². The van der Waals surface area contributed by atoms with Crippen LogP contribution in [0.5, 0.6) is 0 Å². The average Bonchev–Trinajstić information content (AvgIpc) is 2.42. The van der Waals surface area contributed by atoms with Gasteiger partial charge in [-0.3, -0.25) is 4.79 Å². The Morgan fingerprint density at radius 3 is 2.89 bits per heavy atom. The molecule has 1 aliphatic rings. The topological polar surface area (TPSA) is 54.0 Å². The summed E-state index contributed by atoms with van der Waals surface area (Å²) in [7, 11) is 0. The summed E-state index contributed by atoms with van der Waals surface area (Å²) in [5.74, 6) is 0.129. The highest BCUT2D eigenvalue weighted by Crippen LogP contribution is 2.35. The zero-order valence-corrected chi connectivity index (χ0v) is 12.8. The number of amides is 1. The van der Waals surface area contributed by atoms with Crippen molar-refractivity contribution in [2.45, 2.75) is 32.6 Å². The van der Waals surface area contributed by atoms with Gasteiger partial charge in [0.1, 0.15) is 4.60 Å². The number of rotatable bonds is 4. The first-order valence-electron chi connectivity index (χ1n) is 6.81. The van der Waals surface area contributed by atoms with E-state index in [4.69, 9.17) is 0 Å². The van der Waals surface area contributed by atoms with Crippen LogP contribution < -0.4 is 10.6 Å². The van der Waals surface area contributed by atoms with Crippen molar-refractivity contribution in [1.29, 1.82) is 0 Å². The van der Waals surface area contributed by atoms with Crippen molar-refractivity contribution in [2.24, 2.45) is 5.41 Å². The number of nitrogens with one attached hydrogen (secondary N) is 2.